The smallest absolute Gasteiger partial charge is 0.305 e. The standard InChI is InChI=1S/C14H24N2O4/c1-15(11-2-3-11)13(17)10-16-7-4-12(5-8-16)20-9-6-14(18)19/h11-12H,2-10H2,1H3,(H,18,19). The minimum Gasteiger partial charge on any atom is -0.481 e. The molecular weight excluding hydrogens is 260 g/mol. The van der Waals surface area contributed by atoms with Crippen LogP contribution in [0.4, 0.5) is 0 Å². The monoisotopic (exact) mass is 284 g/mol. The van der Waals surface area contributed by atoms with Crippen molar-refractivity contribution < 1.29 is 19.4 Å². The highest BCUT2D eigenvalue weighted by atomic mass is 16.5. The molecule has 1 aliphatic heterocycles. The number of carboxylic acid groups (broad SMARTS) is 1. The van der Waals surface area contributed by atoms with Gasteiger partial charge in [-0.2, -0.15) is 0 Å². The number of likely N-dealkylation sites (N-methyl/N-ethyl adjacent to an activating group) is 1. The molecular formula is C14H24N2O4. The highest BCUT2D eigenvalue weighted by Crippen LogP contribution is 2.25. The molecule has 0 aromatic carbocycles. The second-order valence-electron chi connectivity index (χ2n) is 5.73. The van der Waals surface area contributed by atoms with E-state index in [-0.39, 0.29) is 25.0 Å². The molecule has 1 saturated heterocycles. The van der Waals surface area contributed by atoms with E-state index in [9.17, 15) is 9.59 Å². The van der Waals surface area contributed by atoms with E-state index in [0.717, 1.165) is 38.8 Å². The third kappa shape index (κ3) is 4.76. The lowest BCUT2D eigenvalue weighted by molar-refractivity contribution is -0.139. The maximum atomic E-state index is 12.0. The summed E-state index contributed by atoms with van der Waals surface area (Å²) in [6, 6.07) is 0.472. The molecule has 1 amide bonds. The molecule has 1 aliphatic carbocycles. The molecule has 0 bridgehead atoms. The number of ether oxygens (including phenoxy) is 1. The van der Waals surface area contributed by atoms with Gasteiger partial charge in [0.15, 0.2) is 0 Å². The average molecular weight is 284 g/mol. The summed E-state index contributed by atoms with van der Waals surface area (Å²) >= 11 is 0. The number of amides is 1. The predicted octanol–water partition coefficient (Wildman–Crippen LogP) is 0.563. The van der Waals surface area contributed by atoms with Gasteiger partial charge in [-0.15, -0.1) is 0 Å². The highest BCUT2D eigenvalue weighted by molar-refractivity contribution is 5.78. The number of carboxylic acids is 1. The lowest BCUT2D eigenvalue weighted by Crippen LogP contribution is -2.44. The topological polar surface area (TPSA) is 70.1 Å². The van der Waals surface area contributed by atoms with E-state index in [1.54, 1.807) is 0 Å². The molecule has 1 heterocycles. The Morgan fingerprint density at radius 3 is 2.45 bits per heavy atom. The molecule has 1 saturated carbocycles. The van der Waals surface area contributed by atoms with E-state index in [0.29, 0.717) is 12.6 Å². The van der Waals surface area contributed by atoms with E-state index >= 15 is 0 Å². The summed E-state index contributed by atoms with van der Waals surface area (Å²) in [5.74, 6) is -0.617. The predicted molar refractivity (Wildman–Crippen MR) is 73.5 cm³/mol. The van der Waals surface area contributed by atoms with Crippen molar-refractivity contribution in [2.75, 3.05) is 33.3 Å². The number of likely N-dealkylation sites (tertiary alicyclic amines) is 1. The van der Waals surface area contributed by atoms with Crippen molar-refractivity contribution in [3.8, 4) is 0 Å². The minimum absolute atomic E-state index is 0.0604. The molecule has 0 radical (unpaired) electrons. The molecule has 0 unspecified atom stereocenters. The van der Waals surface area contributed by atoms with E-state index in [4.69, 9.17) is 9.84 Å². The van der Waals surface area contributed by atoms with Gasteiger partial charge in [0.1, 0.15) is 0 Å². The van der Waals surface area contributed by atoms with Gasteiger partial charge in [-0.1, -0.05) is 0 Å². The number of rotatable bonds is 7. The Balaban J connectivity index is 1.61. The number of aliphatic carboxylic acids is 1. The second kappa shape index (κ2) is 7.04. The normalized spacial score (nSPS) is 20.9. The SMILES string of the molecule is CN(C(=O)CN1CCC(OCCC(=O)O)CC1)C1CC1. The summed E-state index contributed by atoms with van der Waals surface area (Å²) in [5.41, 5.74) is 0. The van der Waals surface area contributed by atoms with E-state index in [2.05, 4.69) is 4.90 Å². The molecule has 114 valence electrons. The van der Waals surface area contributed by atoms with Crippen molar-refractivity contribution in [2.24, 2.45) is 0 Å². The summed E-state index contributed by atoms with van der Waals surface area (Å²) in [6.07, 6.45) is 4.23. The number of carbonyl (C=O) groups is 2. The molecule has 6 nitrogen and oxygen atoms in total. The van der Waals surface area contributed by atoms with E-state index < -0.39 is 5.97 Å². The Hall–Kier alpha value is -1.14. The van der Waals surface area contributed by atoms with Gasteiger partial charge in [-0.25, -0.2) is 0 Å². The molecule has 1 N–H and O–H groups in total. The summed E-state index contributed by atoms with van der Waals surface area (Å²) in [5, 5.41) is 8.56. The Bertz CT molecular complexity index is 349. The number of hydrogen-bond donors (Lipinski definition) is 1. The molecule has 0 spiro atoms. The summed E-state index contributed by atoms with van der Waals surface area (Å²) in [7, 11) is 1.89. The zero-order valence-electron chi connectivity index (χ0n) is 12.1. The first-order valence-corrected chi connectivity index (χ1v) is 7.37. The molecule has 0 aromatic heterocycles. The van der Waals surface area contributed by atoms with Crippen LogP contribution in [0.25, 0.3) is 0 Å². The van der Waals surface area contributed by atoms with Gasteiger partial charge in [-0.3, -0.25) is 14.5 Å². The first-order chi connectivity index (χ1) is 9.56. The third-order valence-corrected chi connectivity index (χ3v) is 4.05. The number of carbonyl (C=O) groups excluding carboxylic acids is 1. The Labute approximate surface area is 119 Å². The maximum absolute atomic E-state index is 12.0. The highest BCUT2D eigenvalue weighted by Gasteiger charge is 2.30. The van der Waals surface area contributed by atoms with Gasteiger partial charge in [0.25, 0.3) is 0 Å². The summed E-state index contributed by atoms with van der Waals surface area (Å²) < 4.78 is 5.54. The molecule has 2 fully saturated rings. The summed E-state index contributed by atoms with van der Waals surface area (Å²) in [6.45, 7) is 2.47. The fourth-order valence-electron chi connectivity index (χ4n) is 2.52. The Morgan fingerprint density at radius 2 is 1.90 bits per heavy atom. The molecule has 0 atom stereocenters. The fraction of sp³-hybridized carbons (Fsp3) is 0.857. The Morgan fingerprint density at radius 1 is 1.25 bits per heavy atom. The van der Waals surface area contributed by atoms with Crippen LogP contribution in [-0.2, 0) is 14.3 Å². The fourth-order valence-corrected chi connectivity index (χ4v) is 2.52. The quantitative estimate of drug-likeness (QED) is 0.740. The zero-order chi connectivity index (χ0) is 14.5. The average Bonchev–Trinajstić information content (AvgIpc) is 3.24. The largest absolute Gasteiger partial charge is 0.481 e. The minimum atomic E-state index is -0.823. The number of nitrogens with zero attached hydrogens (tertiary/aromatic N) is 2. The lowest BCUT2D eigenvalue weighted by Gasteiger charge is -2.32. The van der Waals surface area contributed by atoms with Crippen molar-refractivity contribution >= 4 is 11.9 Å². The van der Waals surface area contributed by atoms with Crippen LogP contribution in [-0.4, -0.2) is 72.2 Å². The first kappa shape index (κ1) is 15.3. The van der Waals surface area contributed by atoms with Crippen LogP contribution >= 0.6 is 0 Å². The second-order valence-corrected chi connectivity index (χ2v) is 5.73. The van der Waals surface area contributed by atoms with Crippen LogP contribution in [0.5, 0.6) is 0 Å². The van der Waals surface area contributed by atoms with Crippen molar-refractivity contribution in [2.45, 2.75) is 44.2 Å². The Kier molecular flexibility index (Phi) is 5.37. The lowest BCUT2D eigenvalue weighted by atomic mass is 10.1. The van der Waals surface area contributed by atoms with Gasteiger partial charge >= 0.3 is 5.97 Å². The number of piperidine rings is 1. The van der Waals surface area contributed by atoms with Crippen LogP contribution < -0.4 is 0 Å². The molecule has 2 aliphatic rings. The van der Waals surface area contributed by atoms with Crippen molar-refractivity contribution in [3.63, 3.8) is 0 Å². The first-order valence-electron chi connectivity index (χ1n) is 7.37. The van der Waals surface area contributed by atoms with Gasteiger partial charge in [0.2, 0.25) is 5.91 Å². The van der Waals surface area contributed by atoms with E-state index in [1.807, 2.05) is 11.9 Å². The van der Waals surface area contributed by atoms with Crippen molar-refractivity contribution in [1.82, 2.24) is 9.80 Å². The van der Waals surface area contributed by atoms with Crippen molar-refractivity contribution in [3.05, 3.63) is 0 Å². The molecule has 2 rings (SSSR count). The van der Waals surface area contributed by atoms with Crippen LogP contribution in [0.3, 0.4) is 0 Å². The zero-order valence-corrected chi connectivity index (χ0v) is 12.1. The van der Waals surface area contributed by atoms with Crippen molar-refractivity contribution in [1.29, 1.82) is 0 Å². The third-order valence-electron chi connectivity index (χ3n) is 4.05. The van der Waals surface area contributed by atoms with Gasteiger partial charge < -0.3 is 14.7 Å². The molecule has 20 heavy (non-hydrogen) atoms. The van der Waals surface area contributed by atoms with Gasteiger partial charge in [-0.05, 0) is 25.7 Å². The van der Waals surface area contributed by atoms with Crippen LogP contribution in [0.2, 0.25) is 0 Å². The van der Waals surface area contributed by atoms with Crippen LogP contribution in [0.15, 0.2) is 0 Å². The van der Waals surface area contributed by atoms with Crippen LogP contribution in [0.1, 0.15) is 32.1 Å². The molecule has 0 aromatic rings. The number of hydrogen-bond acceptors (Lipinski definition) is 4. The van der Waals surface area contributed by atoms with Crippen LogP contribution in [0, 0.1) is 0 Å². The van der Waals surface area contributed by atoms with Gasteiger partial charge in [0, 0.05) is 26.2 Å². The van der Waals surface area contributed by atoms with E-state index in [1.165, 1.54) is 0 Å². The molecule has 6 heteroatoms. The maximum Gasteiger partial charge on any atom is 0.305 e. The summed E-state index contributed by atoms with van der Waals surface area (Å²) in [4.78, 5) is 26.5. The van der Waals surface area contributed by atoms with Gasteiger partial charge in [0.05, 0.1) is 25.7 Å².